The van der Waals surface area contributed by atoms with Gasteiger partial charge in [-0.2, -0.15) is 0 Å². The summed E-state index contributed by atoms with van der Waals surface area (Å²) in [4.78, 5) is 10.9. The molecule has 0 aliphatic carbocycles. The third-order valence-electron chi connectivity index (χ3n) is 2.53. The van der Waals surface area contributed by atoms with E-state index in [1.807, 2.05) is 0 Å². The Hall–Kier alpha value is -1.43. The van der Waals surface area contributed by atoms with Crippen LogP contribution in [0.25, 0.3) is 0 Å². The van der Waals surface area contributed by atoms with E-state index in [1.165, 1.54) is 19.2 Å². The summed E-state index contributed by atoms with van der Waals surface area (Å²) < 4.78 is 4.96. The number of aliphatic hydroxyl groups is 3. The van der Waals surface area contributed by atoms with Crippen molar-refractivity contribution < 1.29 is 24.9 Å². The molecule has 2 unspecified atom stereocenters. The second-order valence-corrected chi connectivity index (χ2v) is 3.64. The van der Waals surface area contributed by atoms with Crippen molar-refractivity contribution in [2.24, 2.45) is 0 Å². The van der Waals surface area contributed by atoms with Gasteiger partial charge in [0.05, 0.1) is 13.2 Å². The quantitative estimate of drug-likeness (QED) is 0.622. The van der Waals surface area contributed by atoms with Crippen LogP contribution in [-0.2, 0) is 0 Å². The fraction of sp³-hybridized carbons (Fsp3) is 0.417. The number of ether oxygens (including phenoxy) is 1. The Morgan fingerprint density at radius 3 is 2.65 bits per heavy atom. The third kappa shape index (κ3) is 3.26. The molecule has 5 heteroatoms. The van der Waals surface area contributed by atoms with E-state index in [1.54, 1.807) is 6.07 Å². The van der Waals surface area contributed by atoms with Crippen LogP contribution in [-0.4, -0.2) is 41.4 Å². The number of aliphatic hydroxyl groups excluding tert-OH is 3. The lowest BCUT2D eigenvalue weighted by Gasteiger charge is -2.19. The highest BCUT2D eigenvalue weighted by atomic mass is 16.5. The van der Waals surface area contributed by atoms with Gasteiger partial charge >= 0.3 is 0 Å². The summed E-state index contributed by atoms with van der Waals surface area (Å²) in [7, 11) is 1.47. The zero-order chi connectivity index (χ0) is 12.8. The van der Waals surface area contributed by atoms with Gasteiger partial charge in [0.1, 0.15) is 11.9 Å². The van der Waals surface area contributed by atoms with Crippen molar-refractivity contribution in [2.75, 3.05) is 13.7 Å². The molecule has 0 bridgehead atoms. The fourth-order valence-electron chi connectivity index (χ4n) is 1.55. The number of aldehydes is 1. The Morgan fingerprint density at radius 1 is 1.41 bits per heavy atom. The molecule has 0 aromatic heterocycles. The highest BCUT2D eigenvalue weighted by Crippen LogP contribution is 2.25. The molecule has 2 atom stereocenters. The molecule has 0 fully saturated rings. The van der Waals surface area contributed by atoms with Crippen LogP contribution in [0.4, 0.5) is 0 Å². The molecule has 0 amide bonds. The van der Waals surface area contributed by atoms with Gasteiger partial charge in [-0.15, -0.1) is 0 Å². The van der Waals surface area contributed by atoms with Crippen LogP contribution in [0.1, 0.15) is 28.4 Å². The van der Waals surface area contributed by atoms with Crippen molar-refractivity contribution in [1.82, 2.24) is 0 Å². The van der Waals surface area contributed by atoms with Gasteiger partial charge in [0.15, 0.2) is 6.29 Å². The maximum atomic E-state index is 10.9. The number of benzene rings is 1. The molecule has 17 heavy (non-hydrogen) atoms. The van der Waals surface area contributed by atoms with Gasteiger partial charge in [-0.3, -0.25) is 4.79 Å². The van der Waals surface area contributed by atoms with E-state index in [4.69, 9.17) is 9.84 Å². The first-order chi connectivity index (χ1) is 8.13. The van der Waals surface area contributed by atoms with Gasteiger partial charge in [0, 0.05) is 12.2 Å². The van der Waals surface area contributed by atoms with E-state index in [0.29, 0.717) is 17.6 Å². The Balaban J connectivity index is 3.00. The van der Waals surface area contributed by atoms with Gasteiger partial charge < -0.3 is 20.1 Å². The minimum Gasteiger partial charge on any atom is -0.497 e. The predicted molar refractivity (Wildman–Crippen MR) is 61.1 cm³/mol. The van der Waals surface area contributed by atoms with Crippen LogP contribution in [0.2, 0.25) is 0 Å². The van der Waals surface area contributed by atoms with E-state index < -0.39 is 12.2 Å². The summed E-state index contributed by atoms with van der Waals surface area (Å²) in [6, 6.07) is 4.60. The van der Waals surface area contributed by atoms with Crippen molar-refractivity contribution in [2.45, 2.75) is 18.6 Å². The second kappa shape index (κ2) is 6.34. The minimum atomic E-state index is -1.20. The summed E-state index contributed by atoms with van der Waals surface area (Å²) in [5, 5.41) is 28.1. The largest absolute Gasteiger partial charge is 0.497 e. The smallest absolute Gasteiger partial charge is 0.150 e. The number of hydrogen-bond donors (Lipinski definition) is 3. The summed E-state index contributed by atoms with van der Waals surface area (Å²) in [5.74, 6) is 0.500. The molecule has 0 spiro atoms. The third-order valence-corrected chi connectivity index (χ3v) is 2.53. The molecule has 0 aliphatic rings. The van der Waals surface area contributed by atoms with Crippen molar-refractivity contribution in [3.05, 3.63) is 29.3 Å². The van der Waals surface area contributed by atoms with Gasteiger partial charge in [-0.1, -0.05) is 6.07 Å². The van der Waals surface area contributed by atoms with Crippen molar-refractivity contribution >= 4 is 6.29 Å². The van der Waals surface area contributed by atoms with Crippen molar-refractivity contribution in [1.29, 1.82) is 0 Å². The number of rotatable bonds is 6. The maximum Gasteiger partial charge on any atom is 0.150 e. The van der Waals surface area contributed by atoms with Crippen LogP contribution in [0.5, 0.6) is 5.75 Å². The standard InChI is InChI=1S/C12H16O5/c1-17-9-2-3-10(8(6-9)7-14)12(16)11(15)4-5-13/h2-3,6-7,11-13,15-16H,4-5H2,1H3. The highest BCUT2D eigenvalue weighted by molar-refractivity contribution is 5.78. The number of methoxy groups -OCH3 is 1. The summed E-state index contributed by atoms with van der Waals surface area (Å²) in [6.07, 6.45) is -1.67. The lowest BCUT2D eigenvalue weighted by Crippen LogP contribution is -2.20. The molecule has 1 aromatic carbocycles. The Morgan fingerprint density at radius 2 is 2.12 bits per heavy atom. The Labute approximate surface area is 99.3 Å². The molecular formula is C12H16O5. The van der Waals surface area contributed by atoms with Crippen LogP contribution in [0.15, 0.2) is 18.2 Å². The number of carbonyl (C=O) groups is 1. The molecule has 0 heterocycles. The van der Waals surface area contributed by atoms with Crippen LogP contribution in [0.3, 0.4) is 0 Å². The van der Waals surface area contributed by atoms with Crippen LogP contribution in [0, 0.1) is 0 Å². The lowest BCUT2D eigenvalue weighted by molar-refractivity contribution is 0.00393. The average Bonchev–Trinajstić information content (AvgIpc) is 2.37. The first-order valence-electron chi connectivity index (χ1n) is 5.24. The molecule has 3 N–H and O–H groups in total. The first kappa shape index (κ1) is 13.6. The molecule has 0 saturated carbocycles. The van der Waals surface area contributed by atoms with Crippen LogP contribution >= 0.6 is 0 Å². The Bertz CT molecular complexity index is 377. The van der Waals surface area contributed by atoms with Crippen molar-refractivity contribution in [3.63, 3.8) is 0 Å². The van der Waals surface area contributed by atoms with Gasteiger partial charge in [0.25, 0.3) is 0 Å². The van der Waals surface area contributed by atoms with E-state index in [-0.39, 0.29) is 18.6 Å². The second-order valence-electron chi connectivity index (χ2n) is 3.64. The minimum absolute atomic E-state index is 0.0471. The molecule has 5 nitrogen and oxygen atoms in total. The summed E-state index contributed by atoms with van der Waals surface area (Å²) in [5.41, 5.74) is 0.579. The molecular weight excluding hydrogens is 224 g/mol. The van der Waals surface area contributed by atoms with E-state index in [9.17, 15) is 15.0 Å². The van der Waals surface area contributed by atoms with Crippen LogP contribution < -0.4 is 4.74 Å². The van der Waals surface area contributed by atoms with Crippen molar-refractivity contribution in [3.8, 4) is 5.75 Å². The topological polar surface area (TPSA) is 87.0 Å². The fourth-order valence-corrected chi connectivity index (χ4v) is 1.55. The molecule has 0 radical (unpaired) electrons. The zero-order valence-electron chi connectivity index (χ0n) is 9.54. The first-order valence-corrected chi connectivity index (χ1v) is 5.24. The SMILES string of the molecule is COc1ccc(C(O)C(O)CCO)c(C=O)c1. The number of carbonyl (C=O) groups excluding carboxylic acids is 1. The van der Waals surface area contributed by atoms with E-state index in [2.05, 4.69) is 0 Å². The monoisotopic (exact) mass is 240 g/mol. The number of hydrogen-bond acceptors (Lipinski definition) is 5. The molecule has 94 valence electrons. The maximum absolute atomic E-state index is 10.9. The van der Waals surface area contributed by atoms with Gasteiger partial charge in [0.2, 0.25) is 0 Å². The van der Waals surface area contributed by atoms with E-state index in [0.717, 1.165) is 0 Å². The molecule has 1 aromatic rings. The summed E-state index contributed by atoms with van der Waals surface area (Å²) >= 11 is 0. The van der Waals surface area contributed by atoms with Gasteiger partial charge in [-0.05, 0) is 24.1 Å². The van der Waals surface area contributed by atoms with E-state index >= 15 is 0 Å². The predicted octanol–water partition coefficient (Wildman–Crippen LogP) is 0.284. The normalized spacial score (nSPS) is 14.1. The Kier molecular flexibility index (Phi) is 5.09. The molecule has 0 saturated heterocycles. The lowest BCUT2D eigenvalue weighted by atomic mass is 9.97. The highest BCUT2D eigenvalue weighted by Gasteiger charge is 2.20. The molecule has 1 rings (SSSR count). The average molecular weight is 240 g/mol. The summed E-state index contributed by atoms with van der Waals surface area (Å²) in [6.45, 7) is -0.231. The zero-order valence-corrected chi connectivity index (χ0v) is 9.54. The van der Waals surface area contributed by atoms with Gasteiger partial charge in [-0.25, -0.2) is 0 Å². The molecule has 0 aliphatic heterocycles.